The summed E-state index contributed by atoms with van der Waals surface area (Å²) in [6.07, 6.45) is 20.1. The molecule has 0 fully saturated rings. The van der Waals surface area contributed by atoms with Crippen molar-refractivity contribution < 1.29 is 23.7 Å². The van der Waals surface area contributed by atoms with Gasteiger partial charge < -0.3 is 15.1 Å². The van der Waals surface area contributed by atoms with Crippen LogP contribution in [0.1, 0.15) is 104 Å². The number of carbonyl (C=O) groups is 1. The zero-order valence-corrected chi connectivity index (χ0v) is 18.8. The third kappa shape index (κ3) is 20.1. The van der Waals surface area contributed by atoms with Gasteiger partial charge in [-0.15, -0.1) is 0 Å². The molecule has 3 N–H and O–H groups in total. The largest absolute Gasteiger partial charge is 0.469 e. The number of carbonyl (C=O) groups excluding carboxylic acids is 1. The minimum Gasteiger partial charge on any atom is -0.351 e. The summed E-state index contributed by atoms with van der Waals surface area (Å²) >= 11 is 0. The Bertz CT molecular complexity index is 450. The summed E-state index contributed by atoms with van der Waals surface area (Å²) in [6, 6.07) is -0.364. The van der Waals surface area contributed by atoms with Crippen molar-refractivity contribution in [3.63, 3.8) is 0 Å². The summed E-state index contributed by atoms with van der Waals surface area (Å²) in [4.78, 5) is 29.3. The van der Waals surface area contributed by atoms with Gasteiger partial charge in [0.2, 0.25) is 5.91 Å². The molecule has 0 heterocycles. The molecule has 166 valence electrons. The predicted molar refractivity (Wildman–Crippen MR) is 115 cm³/mol. The first-order valence-electron chi connectivity index (χ1n) is 11.0. The average molecular weight is 420 g/mol. The minimum absolute atomic E-state index is 0.0833. The molecule has 0 aromatic carbocycles. The van der Waals surface area contributed by atoms with E-state index in [2.05, 4.69) is 28.9 Å². The highest BCUT2D eigenvalue weighted by molar-refractivity contribution is 7.46. The van der Waals surface area contributed by atoms with Crippen LogP contribution in [0.2, 0.25) is 0 Å². The Morgan fingerprint density at radius 1 is 0.929 bits per heavy atom. The molecule has 0 aromatic heterocycles. The van der Waals surface area contributed by atoms with E-state index in [0.29, 0.717) is 12.8 Å². The Kier molecular flexibility index (Phi) is 17.9. The van der Waals surface area contributed by atoms with Gasteiger partial charge in [-0.2, -0.15) is 0 Å². The van der Waals surface area contributed by atoms with Crippen LogP contribution >= 0.6 is 7.82 Å². The van der Waals surface area contributed by atoms with E-state index >= 15 is 0 Å². The smallest absolute Gasteiger partial charge is 0.351 e. The number of phosphoric ester groups is 1. The maximum Gasteiger partial charge on any atom is 0.469 e. The predicted octanol–water partition coefficient (Wildman–Crippen LogP) is 5.64. The number of amides is 1. The monoisotopic (exact) mass is 419 g/mol. The molecule has 1 amide bonds. The molecule has 0 saturated heterocycles. The van der Waals surface area contributed by atoms with Gasteiger partial charge in [-0.1, -0.05) is 70.9 Å². The first-order valence-corrected chi connectivity index (χ1v) is 12.6. The van der Waals surface area contributed by atoms with Gasteiger partial charge in [0.1, 0.15) is 0 Å². The van der Waals surface area contributed by atoms with Crippen molar-refractivity contribution in [1.82, 2.24) is 5.32 Å². The Balaban J connectivity index is 3.53. The summed E-state index contributed by atoms with van der Waals surface area (Å²) in [7, 11) is -4.49. The molecule has 0 radical (unpaired) electrons. The van der Waals surface area contributed by atoms with Gasteiger partial charge in [0.15, 0.2) is 0 Å². The van der Waals surface area contributed by atoms with Crippen molar-refractivity contribution in [2.45, 2.75) is 110 Å². The van der Waals surface area contributed by atoms with Crippen LogP contribution in [0.15, 0.2) is 12.2 Å². The van der Waals surface area contributed by atoms with E-state index in [1.54, 1.807) is 0 Å². The maximum absolute atomic E-state index is 11.9. The third-order valence-electron chi connectivity index (χ3n) is 4.72. The molecule has 0 aliphatic heterocycles. The lowest BCUT2D eigenvalue weighted by Crippen LogP contribution is -2.37. The molecule has 0 aromatic rings. The molecule has 28 heavy (non-hydrogen) atoms. The van der Waals surface area contributed by atoms with Crippen molar-refractivity contribution in [2.24, 2.45) is 0 Å². The summed E-state index contributed by atoms with van der Waals surface area (Å²) in [6.45, 7) is 3.92. The van der Waals surface area contributed by atoms with Crippen LogP contribution in [0.25, 0.3) is 0 Å². The van der Waals surface area contributed by atoms with Crippen LogP contribution in [0, 0.1) is 0 Å². The second-order valence-electron chi connectivity index (χ2n) is 7.44. The number of hydrogen-bond acceptors (Lipinski definition) is 3. The van der Waals surface area contributed by atoms with Crippen LogP contribution in [0.3, 0.4) is 0 Å². The van der Waals surface area contributed by atoms with Crippen molar-refractivity contribution in [1.29, 1.82) is 0 Å². The minimum atomic E-state index is -4.49. The molecule has 0 saturated carbocycles. The fraction of sp³-hybridized carbons (Fsp3) is 0.857. The SMILES string of the molecule is CCCCCCCC/C=C\CCCCCCC(=O)N[C@@H](CC)COP(=O)(O)O. The third-order valence-corrected chi connectivity index (χ3v) is 5.20. The van der Waals surface area contributed by atoms with Gasteiger partial charge in [-0.25, -0.2) is 4.57 Å². The number of unbranched alkanes of at least 4 members (excludes halogenated alkanes) is 10. The van der Waals surface area contributed by atoms with Gasteiger partial charge >= 0.3 is 7.82 Å². The first-order chi connectivity index (χ1) is 13.4. The van der Waals surface area contributed by atoms with Crippen LogP contribution in [-0.2, 0) is 13.9 Å². The Hall–Kier alpha value is -0.680. The van der Waals surface area contributed by atoms with Gasteiger partial charge in [0.05, 0.1) is 12.6 Å². The van der Waals surface area contributed by atoms with Crippen molar-refractivity contribution in [3.05, 3.63) is 12.2 Å². The molecule has 0 aliphatic rings. The second kappa shape index (κ2) is 18.4. The molecule has 0 rings (SSSR count). The Morgan fingerprint density at radius 2 is 1.46 bits per heavy atom. The summed E-state index contributed by atoms with van der Waals surface area (Å²) in [5, 5.41) is 2.77. The number of rotatable bonds is 19. The highest BCUT2D eigenvalue weighted by atomic mass is 31.2. The number of allylic oxidation sites excluding steroid dienone is 2. The van der Waals surface area contributed by atoms with Crippen LogP contribution < -0.4 is 5.32 Å². The zero-order chi connectivity index (χ0) is 21.1. The van der Waals surface area contributed by atoms with E-state index in [4.69, 9.17) is 9.79 Å². The van der Waals surface area contributed by atoms with E-state index < -0.39 is 7.82 Å². The fourth-order valence-electron chi connectivity index (χ4n) is 2.93. The second-order valence-corrected chi connectivity index (χ2v) is 8.68. The highest BCUT2D eigenvalue weighted by Gasteiger charge is 2.18. The van der Waals surface area contributed by atoms with Crippen LogP contribution in [0.4, 0.5) is 0 Å². The first kappa shape index (κ1) is 27.3. The Morgan fingerprint density at radius 3 is 2.00 bits per heavy atom. The highest BCUT2D eigenvalue weighted by Crippen LogP contribution is 2.35. The molecule has 0 bridgehead atoms. The number of phosphoric acid groups is 1. The molecule has 0 aliphatic carbocycles. The van der Waals surface area contributed by atoms with Gasteiger partial charge in [-0.3, -0.25) is 9.32 Å². The maximum atomic E-state index is 11.9. The molecule has 1 atom stereocenters. The molecule has 6 nitrogen and oxygen atoms in total. The van der Waals surface area contributed by atoms with Gasteiger partial charge in [0.25, 0.3) is 0 Å². The lowest BCUT2D eigenvalue weighted by atomic mass is 10.1. The molecule has 0 spiro atoms. The summed E-state index contributed by atoms with van der Waals surface area (Å²) in [5.41, 5.74) is 0. The lowest BCUT2D eigenvalue weighted by Gasteiger charge is -2.17. The molecule has 0 unspecified atom stereocenters. The van der Waals surface area contributed by atoms with E-state index in [1.807, 2.05) is 6.92 Å². The van der Waals surface area contributed by atoms with Gasteiger partial charge in [0, 0.05) is 6.42 Å². The molecular formula is C21H42NO5P. The molecular weight excluding hydrogens is 377 g/mol. The van der Waals surface area contributed by atoms with E-state index in [9.17, 15) is 9.36 Å². The molecule has 7 heteroatoms. The lowest BCUT2D eigenvalue weighted by molar-refractivity contribution is -0.122. The quantitative estimate of drug-likeness (QED) is 0.143. The van der Waals surface area contributed by atoms with Crippen LogP contribution in [0.5, 0.6) is 0 Å². The number of nitrogens with one attached hydrogen (secondary N) is 1. The van der Waals surface area contributed by atoms with Crippen molar-refractivity contribution >= 4 is 13.7 Å². The van der Waals surface area contributed by atoms with Crippen LogP contribution in [-0.4, -0.2) is 28.3 Å². The normalized spacial score (nSPS) is 13.1. The Labute approximate surface area is 171 Å². The summed E-state index contributed by atoms with van der Waals surface area (Å²) in [5.74, 6) is -0.0833. The van der Waals surface area contributed by atoms with E-state index in [-0.39, 0.29) is 18.6 Å². The van der Waals surface area contributed by atoms with E-state index in [1.165, 1.54) is 44.9 Å². The van der Waals surface area contributed by atoms with Crippen molar-refractivity contribution in [2.75, 3.05) is 6.61 Å². The van der Waals surface area contributed by atoms with Gasteiger partial charge in [-0.05, 0) is 38.5 Å². The average Bonchev–Trinajstić information content (AvgIpc) is 2.64. The van der Waals surface area contributed by atoms with Crippen molar-refractivity contribution in [3.8, 4) is 0 Å². The van der Waals surface area contributed by atoms with E-state index in [0.717, 1.165) is 32.1 Å². The summed E-state index contributed by atoms with van der Waals surface area (Å²) < 4.78 is 15.2. The number of hydrogen-bond donors (Lipinski definition) is 3. The standard InChI is InChI=1S/C21H42NO5P/c1-3-5-6-7-8-9-10-11-12-13-14-15-16-17-18-21(23)22-20(4-2)19-27-28(24,25)26/h11-12,20H,3-10,13-19H2,1-2H3,(H,22,23)(H2,24,25,26)/b12-11-/t20-/m0/s1. The zero-order valence-electron chi connectivity index (χ0n) is 17.9. The fourth-order valence-corrected chi connectivity index (χ4v) is 3.30. The topological polar surface area (TPSA) is 95.9 Å².